The summed E-state index contributed by atoms with van der Waals surface area (Å²) in [5.41, 5.74) is 0.323. The molecular formula is C26H44O2. The third-order valence-corrected chi connectivity index (χ3v) is 4.79. The highest BCUT2D eigenvalue weighted by Gasteiger charge is 2.12. The van der Waals surface area contributed by atoms with Gasteiger partial charge in [-0.2, -0.15) is 0 Å². The molecule has 0 spiro atoms. The minimum absolute atomic E-state index is 0.124. The highest BCUT2D eigenvalue weighted by Crippen LogP contribution is 2.25. The van der Waals surface area contributed by atoms with Crippen LogP contribution in [0.1, 0.15) is 97.8 Å². The molecule has 0 saturated heterocycles. The van der Waals surface area contributed by atoms with Crippen molar-refractivity contribution in [1.82, 2.24) is 0 Å². The monoisotopic (exact) mass is 388 g/mol. The van der Waals surface area contributed by atoms with Gasteiger partial charge in [0.2, 0.25) is 0 Å². The lowest BCUT2D eigenvalue weighted by Gasteiger charge is -2.19. The summed E-state index contributed by atoms with van der Waals surface area (Å²) in [4.78, 5) is 11.0. The second-order valence-corrected chi connectivity index (χ2v) is 8.14. The van der Waals surface area contributed by atoms with E-state index >= 15 is 0 Å². The van der Waals surface area contributed by atoms with E-state index in [1.165, 1.54) is 45.6 Å². The minimum atomic E-state index is -0.124. The van der Waals surface area contributed by atoms with E-state index in [-0.39, 0.29) is 5.97 Å². The van der Waals surface area contributed by atoms with Crippen molar-refractivity contribution in [1.29, 1.82) is 0 Å². The molecule has 0 aromatic rings. The first-order chi connectivity index (χ1) is 13.5. The Labute approximate surface area is 174 Å². The van der Waals surface area contributed by atoms with E-state index in [1.54, 1.807) is 0 Å². The molecule has 0 atom stereocenters. The van der Waals surface area contributed by atoms with Gasteiger partial charge in [-0.1, -0.05) is 101 Å². The fourth-order valence-corrected chi connectivity index (χ4v) is 2.96. The van der Waals surface area contributed by atoms with E-state index in [1.807, 2.05) is 0 Å². The minimum Gasteiger partial charge on any atom is -0.469 e. The second-order valence-electron chi connectivity index (χ2n) is 8.14. The number of carbonyl (C=O) groups is 1. The zero-order valence-corrected chi connectivity index (χ0v) is 18.9. The van der Waals surface area contributed by atoms with Crippen molar-refractivity contribution in [3.8, 4) is 0 Å². The third kappa shape index (κ3) is 19.2. The summed E-state index contributed by atoms with van der Waals surface area (Å²) in [5, 5.41) is 0. The lowest BCUT2D eigenvalue weighted by atomic mass is 9.86. The van der Waals surface area contributed by atoms with Gasteiger partial charge in [-0.3, -0.25) is 4.79 Å². The lowest BCUT2D eigenvalue weighted by molar-refractivity contribution is -0.140. The van der Waals surface area contributed by atoms with Crippen molar-refractivity contribution in [2.24, 2.45) is 5.41 Å². The number of hydrogen-bond donors (Lipinski definition) is 0. The normalized spacial score (nSPS) is 12.9. The molecule has 160 valence electrons. The quantitative estimate of drug-likeness (QED) is 0.143. The number of esters is 1. The summed E-state index contributed by atoms with van der Waals surface area (Å²) in [6, 6.07) is 0. The standard InChI is InChI=1S/C26H44O2/c1-5-6-7-17-20-23-26(2,3)24-21-18-15-13-11-9-8-10-12-14-16-19-22-25(27)28-4/h8-9,12-15,21,24H,5-7,10-11,16-20,22-23H2,1-4H3/b9-8-,14-12-,15-13-,24-21-. The SMILES string of the molecule is CCCCCCCC(C)(C)/C=C\C/C=C\C/C=C\C/C=C\CCCC(=O)OC. The predicted octanol–water partition coefficient (Wildman–Crippen LogP) is 8.11. The first-order valence-electron chi connectivity index (χ1n) is 11.2. The molecule has 0 aliphatic rings. The fraction of sp³-hybridized carbons (Fsp3) is 0.654. The van der Waals surface area contributed by atoms with Crippen LogP contribution in [0, 0.1) is 5.41 Å². The maximum Gasteiger partial charge on any atom is 0.305 e. The predicted molar refractivity (Wildman–Crippen MR) is 123 cm³/mol. The van der Waals surface area contributed by atoms with Crippen molar-refractivity contribution >= 4 is 5.97 Å². The van der Waals surface area contributed by atoms with Gasteiger partial charge in [-0.15, -0.1) is 0 Å². The van der Waals surface area contributed by atoms with Gasteiger partial charge in [0.1, 0.15) is 0 Å². The van der Waals surface area contributed by atoms with Crippen LogP contribution in [0.3, 0.4) is 0 Å². The topological polar surface area (TPSA) is 26.3 Å². The molecule has 0 radical (unpaired) electrons. The molecule has 2 heteroatoms. The van der Waals surface area contributed by atoms with Crippen LogP contribution in [0.5, 0.6) is 0 Å². The van der Waals surface area contributed by atoms with Crippen LogP contribution >= 0.6 is 0 Å². The van der Waals surface area contributed by atoms with E-state index in [4.69, 9.17) is 0 Å². The first-order valence-corrected chi connectivity index (χ1v) is 11.2. The largest absolute Gasteiger partial charge is 0.469 e. The molecule has 0 rings (SSSR count). The Balaban J connectivity index is 3.70. The van der Waals surface area contributed by atoms with Gasteiger partial charge >= 0.3 is 5.97 Å². The highest BCUT2D eigenvalue weighted by atomic mass is 16.5. The van der Waals surface area contributed by atoms with E-state index in [9.17, 15) is 4.79 Å². The van der Waals surface area contributed by atoms with Gasteiger partial charge in [-0.05, 0) is 43.9 Å². The van der Waals surface area contributed by atoms with Gasteiger partial charge < -0.3 is 4.74 Å². The Bertz CT molecular complexity index is 481. The summed E-state index contributed by atoms with van der Waals surface area (Å²) in [5.74, 6) is -0.124. The number of hydrogen-bond acceptors (Lipinski definition) is 2. The molecule has 0 fully saturated rings. The molecule has 0 N–H and O–H groups in total. The van der Waals surface area contributed by atoms with Crippen molar-refractivity contribution < 1.29 is 9.53 Å². The van der Waals surface area contributed by atoms with Crippen molar-refractivity contribution in [3.63, 3.8) is 0 Å². The molecule has 0 aromatic carbocycles. The molecule has 28 heavy (non-hydrogen) atoms. The van der Waals surface area contributed by atoms with E-state index in [0.717, 1.165) is 32.1 Å². The molecule has 0 aliphatic heterocycles. The molecule has 0 aliphatic carbocycles. The van der Waals surface area contributed by atoms with E-state index in [2.05, 4.69) is 74.1 Å². The van der Waals surface area contributed by atoms with Crippen LogP contribution in [0.15, 0.2) is 48.6 Å². The molecule has 0 bridgehead atoms. The van der Waals surface area contributed by atoms with Gasteiger partial charge in [0, 0.05) is 6.42 Å². The summed E-state index contributed by atoms with van der Waals surface area (Å²) >= 11 is 0. The maximum absolute atomic E-state index is 11.0. The Kier molecular flexibility index (Phi) is 17.7. The number of ether oxygens (including phenoxy) is 1. The Hall–Kier alpha value is -1.57. The Morgan fingerprint density at radius 3 is 1.96 bits per heavy atom. The number of methoxy groups -OCH3 is 1. The van der Waals surface area contributed by atoms with Crippen molar-refractivity contribution in [3.05, 3.63) is 48.6 Å². The number of unbranched alkanes of at least 4 members (excludes halogenated alkanes) is 5. The van der Waals surface area contributed by atoms with Crippen LogP contribution in [-0.4, -0.2) is 13.1 Å². The van der Waals surface area contributed by atoms with E-state index in [0.29, 0.717) is 11.8 Å². The van der Waals surface area contributed by atoms with E-state index < -0.39 is 0 Å². The zero-order valence-electron chi connectivity index (χ0n) is 18.9. The van der Waals surface area contributed by atoms with Crippen molar-refractivity contribution in [2.45, 2.75) is 97.8 Å². The van der Waals surface area contributed by atoms with Crippen LogP contribution in [0.2, 0.25) is 0 Å². The molecular weight excluding hydrogens is 344 g/mol. The summed E-state index contributed by atoms with van der Waals surface area (Å²) in [7, 11) is 1.44. The first kappa shape index (κ1) is 26.4. The van der Waals surface area contributed by atoms with Crippen LogP contribution in [-0.2, 0) is 9.53 Å². The Morgan fingerprint density at radius 1 is 0.786 bits per heavy atom. The van der Waals surface area contributed by atoms with Crippen molar-refractivity contribution in [2.75, 3.05) is 7.11 Å². The third-order valence-electron chi connectivity index (χ3n) is 4.79. The second kappa shape index (κ2) is 18.8. The van der Waals surface area contributed by atoms with Gasteiger partial charge in [-0.25, -0.2) is 0 Å². The molecule has 0 heterocycles. The van der Waals surface area contributed by atoms with Gasteiger partial charge in [0.25, 0.3) is 0 Å². The summed E-state index contributed by atoms with van der Waals surface area (Å²) in [6.07, 6.45) is 31.2. The lowest BCUT2D eigenvalue weighted by Crippen LogP contribution is -2.06. The Morgan fingerprint density at radius 2 is 1.36 bits per heavy atom. The molecule has 0 saturated carbocycles. The molecule has 2 nitrogen and oxygen atoms in total. The van der Waals surface area contributed by atoms with Crippen LogP contribution in [0.25, 0.3) is 0 Å². The zero-order chi connectivity index (χ0) is 20.9. The smallest absolute Gasteiger partial charge is 0.305 e. The maximum atomic E-state index is 11.0. The van der Waals surface area contributed by atoms with Crippen LogP contribution in [0.4, 0.5) is 0 Å². The summed E-state index contributed by atoms with van der Waals surface area (Å²) < 4.78 is 4.62. The van der Waals surface area contributed by atoms with Crippen LogP contribution < -0.4 is 0 Å². The number of rotatable bonds is 17. The fourth-order valence-electron chi connectivity index (χ4n) is 2.96. The average molecular weight is 389 g/mol. The van der Waals surface area contributed by atoms with Gasteiger partial charge in [0.05, 0.1) is 7.11 Å². The molecule has 0 unspecified atom stereocenters. The summed E-state index contributed by atoms with van der Waals surface area (Å²) in [6.45, 7) is 6.96. The number of carbonyl (C=O) groups excluding carboxylic acids is 1. The average Bonchev–Trinajstić information content (AvgIpc) is 2.67. The molecule has 0 aromatic heterocycles. The number of allylic oxidation sites excluding steroid dienone is 8. The van der Waals surface area contributed by atoms with Gasteiger partial charge in [0.15, 0.2) is 0 Å². The highest BCUT2D eigenvalue weighted by molar-refractivity contribution is 5.69. The molecule has 0 amide bonds.